The van der Waals surface area contributed by atoms with Gasteiger partial charge in [0.25, 0.3) is 0 Å². The van der Waals surface area contributed by atoms with Gasteiger partial charge < -0.3 is 10.2 Å². The summed E-state index contributed by atoms with van der Waals surface area (Å²) in [6, 6.07) is 9.18. The molecule has 0 spiro atoms. The van der Waals surface area contributed by atoms with E-state index in [1.165, 1.54) is 30.4 Å². The number of hydrogen-bond acceptors (Lipinski definition) is 2. The van der Waals surface area contributed by atoms with E-state index < -0.39 is 0 Å². The Morgan fingerprint density at radius 2 is 1.90 bits per heavy atom. The fourth-order valence-corrected chi connectivity index (χ4v) is 3.57. The van der Waals surface area contributed by atoms with Crippen LogP contribution in [0.2, 0.25) is 0 Å². The molecule has 1 heterocycles. The first-order valence-electron chi connectivity index (χ1n) is 8.30. The standard InChI is InChI=1S/C18H26N2O/c1-14-7-3-4-8-17(14)15-11-16(12-15)19-13-18(21)20-9-5-2-6-10-20/h3-4,7-8,15-16,19H,2,5-6,9-13H2,1H3. The lowest BCUT2D eigenvalue weighted by atomic mass is 9.74. The monoisotopic (exact) mass is 286 g/mol. The number of piperidine rings is 1. The Morgan fingerprint density at radius 1 is 1.19 bits per heavy atom. The summed E-state index contributed by atoms with van der Waals surface area (Å²) in [5.74, 6) is 0.961. The molecule has 3 rings (SSSR count). The molecule has 1 aromatic rings. The zero-order valence-corrected chi connectivity index (χ0v) is 13.0. The molecule has 0 aromatic heterocycles. The van der Waals surface area contributed by atoms with Crippen LogP contribution in [0.25, 0.3) is 0 Å². The van der Waals surface area contributed by atoms with Gasteiger partial charge in [0, 0.05) is 19.1 Å². The molecule has 1 aromatic carbocycles. The number of nitrogens with zero attached hydrogens (tertiary/aromatic N) is 1. The SMILES string of the molecule is Cc1ccccc1C1CC(NCC(=O)N2CCCCC2)C1. The predicted octanol–water partition coefficient (Wildman–Crippen LogP) is 2.84. The number of carbonyl (C=O) groups excluding carboxylic acids is 1. The fourth-order valence-electron chi connectivity index (χ4n) is 3.57. The first-order chi connectivity index (χ1) is 10.2. The average molecular weight is 286 g/mol. The fraction of sp³-hybridized carbons (Fsp3) is 0.611. The van der Waals surface area contributed by atoms with Gasteiger partial charge in [-0.15, -0.1) is 0 Å². The second-order valence-corrected chi connectivity index (χ2v) is 6.54. The molecule has 1 saturated carbocycles. The van der Waals surface area contributed by atoms with Gasteiger partial charge in [-0.25, -0.2) is 0 Å². The molecular weight excluding hydrogens is 260 g/mol. The largest absolute Gasteiger partial charge is 0.342 e. The third-order valence-corrected chi connectivity index (χ3v) is 5.02. The second-order valence-electron chi connectivity index (χ2n) is 6.54. The minimum atomic E-state index is 0.286. The minimum Gasteiger partial charge on any atom is -0.342 e. The third kappa shape index (κ3) is 3.46. The average Bonchev–Trinajstić information content (AvgIpc) is 2.48. The van der Waals surface area contributed by atoms with Crippen LogP contribution in [-0.2, 0) is 4.79 Å². The highest BCUT2D eigenvalue weighted by Crippen LogP contribution is 2.38. The van der Waals surface area contributed by atoms with Crippen molar-refractivity contribution >= 4 is 5.91 Å². The molecule has 3 nitrogen and oxygen atoms in total. The Balaban J connectivity index is 1.41. The third-order valence-electron chi connectivity index (χ3n) is 5.02. The number of rotatable bonds is 4. The van der Waals surface area contributed by atoms with Crippen LogP contribution in [0.4, 0.5) is 0 Å². The maximum absolute atomic E-state index is 12.1. The Bertz CT molecular complexity index is 488. The van der Waals surface area contributed by atoms with Crippen molar-refractivity contribution < 1.29 is 4.79 Å². The van der Waals surface area contributed by atoms with E-state index in [9.17, 15) is 4.79 Å². The van der Waals surface area contributed by atoms with Crippen LogP contribution < -0.4 is 5.32 Å². The van der Waals surface area contributed by atoms with E-state index in [1.807, 2.05) is 4.90 Å². The van der Waals surface area contributed by atoms with Crippen molar-refractivity contribution in [3.05, 3.63) is 35.4 Å². The van der Waals surface area contributed by atoms with Crippen LogP contribution in [-0.4, -0.2) is 36.5 Å². The van der Waals surface area contributed by atoms with Crippen molar-refractivity contribution in [1.29, 1.82) is 0 Å². The number of likely N-dealkylation sites (tertiary alicyclic amines) is 1. The number of carbonyl (C=O) groups is 1. The van der Waals surface area contributed by atoms with Gasteiger partial charge in [0.05, 0.1) is 6.54 Å². The maximum Gasteiger partial charge on any atom is 0.236 e. The summed E-state index contributed by atoms with van der Waals surface area (Å²) >= 11 is 0. The van der Waals surface area contributed by atoms with Gasteiger partial charge in [0.2, 0.25) is 5.91 Å². The predicted molar refractivity (Wildman–Crippen MR) is 85.4 cm³/mol. The van der Waals surface area contributed by atoms with Crippen molar-refractivity contribution in [2.75, 3.05) is 19.6 Å². The molecular formula is C18H26N2O. The molecule has 2 aliphatic rings. The Hall–Kier alpha value is -1.35. The van der Waals surface area contributed by atoms with E-state index in [-0.39, 0.29) is 5.91 Å². The van der Waals surface area contributed by atoms with Crippen LogP contribution in [0.3, 0.4) is 0 Å². The van der Waals surface area contributed by atoms with E-state index in [0.29, 0.717) is 18.5 Å². The lowest BCUT2D eigenvalue weighted by Gasteiger charge is -2.37. The Kier molecular flexibility index (Phi) is 4.59. The summed E-state index contributed by atoms with van der Waals surface area (Å²) < 4.78 is 0. The number of nitrogens with one attached hydrogen (secondary N) is 1. The van der Waals surface area contributed by atoms with Crippen LogP contribution in [0.1, 0.15) is 49.1 Å². The van der Waals surface area contributed by atoms with Crippen molar-refractivity contribution in [3.63, 3.8) is 0 Å². The lowest BCUT2D eigenvalue weighted by molar-refractivity contribution is -0.131. The molecule has 1 amide bonds. The molecule has 1 saturated heterocycles. The van der Waals surface area contributed by atoms with Gasteiger partial charge in [-0.3, -0.25) is 4.79 Å². The van der Waals surface area contributed by atoms with Gasteiger partial charge in [-0.2, -0.15) is 0 Å². The van der Waals surface area contributed by atoms with Gasteiger partial charge in [-0.1, -0.05) is 24.3 Å². The Morgan fingerprint density at radius 3 is 2.62 bits per heavy atom. The molecule has 0 atom stereocenters. The van der Waals surface area contributed by atoms with Gasteiger partial charge in [0.15, 0.2) is 0 Å². The normalized spacial score (nSPS) is 25.5. The van der Waals surface area contributed by atoms with Crippen LogP contribution in [0.15, 0.2) is 24.3 Å². The number of benzene rings is 1. The van der Waals surface area contributed by atoms with E-state index in [4.69, 9.17) is 0 Å². The molecule has 1 aliphatic carbocycles. The molecule has 1 aliphatic heterocycles. The topological polar surface area (TPSA) is 32.3 Å². The zero-order chi connectivity index (χ0) is 14.7. The zero-order valence-electron chi connectivity index (χ0n) is 13.0. The summed E-state index contributed by atoms with van der Waals surface area (Å²) in [5.41, 5.74) is 2.88. The summed E-state index contributed by atoms with van der Waals surface area (Å²) in [6.45, 7) is 4.62. The highest BCUT2D eigenvalue weighted by molar-refractivity contribution is 5.78. The molecule has 2 fully saturated rings. The highest BCUT2D eigenvalue weighted by Gasteiger charge is 2.31. The summed E-state index contributed by atoms with van der Waals surface area (Å²) in [7, 11) is 0. The number of hydrogen-bond donors (Lipinski definition) is 1. The quantitative estimate of drug-likeness (QED) is 0.923. The van der Waals surface area contributed by atoms with Gasteiger partial charge in [0.1, 0.15) is 0 Å². The van der Waals surface area contributed by atoms with Crippen LogP contribution >= 0.6 is 0 Å². The summed E-state index contributed by atoms with van der Waals surface area (Å²) in [5, 5.41) is 3.44. The van der Waals surface area contributed by atoms with Crippen molar-refractivity contribution in [2.45, 2.75) is 51.0 Å². The van der Waals surface area contributed by atoms with E-state index in [0.717, 1.165) is 25.9 Å². The molecule has 21 heavy (non-hydrogen) atoms. The maximum atomic E-state index is 12.1. The summed E-state index contributed by atoms with van der Waals surface area (Å²) in [4.78, 5) is 14.1. The molecule has 0 radical (unpaired) electrons. The molecule has 114 valence electrons. The first kappa shape index (κ1) is 14.6. The van der Waals surface area contributed by atoms with E-state index in [2.05, 4.69) is 36.5 Å². The number of amides is 1. The lowest BCUT2D eigenvalue weighted by Crippen LogP contribution is -2.47. The van der Waals surface area contributed by atoms with Crippen molar-refractivity contribution in [3.8, 4) is 0 Å². The minimum absolute atomic E-state index is 0.286. The molecule has 1 N–H and O–H groups in total. The smallest absolute Gasteiger partial charge is 0.236 e. The Labute approximate surface area is 127 Å². The summed E-state index contributed by atoms with van der Waals surface area (Å²) in [6.07, 6.45) is 5.95. The van der Waals surface area contributed by atoms with Gasteiger partial charge in [-0.05, 0) is 56.1 Å². The van der Waals surface area contributed by atoms with Crippen LogP contribution in [0, 0.1) is 6.92 Å². The molecule has 0 unspecified atom stereocenters. The van der Waals surface area contributed by atoms with E-state index in [1.54, 1.807) is 0 Å². The highest BCUT2D eigenvalue weighted by atomic mass is 16.2. The van der Waals surface area contributed by atoms with Crippen LogP contribution in [0.5, 0.6) is 0 Å². The van der Waals surface area contributed by atoms with Gasteiger partial charge >= 0.3 is 0 Å². The number of aryl methyl sites for hydroxylation is 1. The van der Waals surface area contributed by atoms with Crippen molar-refractivity contribution in [2.24, 2.45) is 0 Å². The van der Waals surface area contributed by atoms with Crippen molar-refractivity contribution in [1.82, 2.24) is 10.2 Å². The second kappa shape index (κ2) is 6.61. The molecule has 3 heteroatoms. The first-order valence-corrected chi connectivity index (χ1v) is 8.30. The molecule has 0 bridgehead atoms. The van der Waals surface area contributed by atoms with E-state index >= 15 is 0 Å².